The Bertz CT molecular complexity index is 1290. The molecular formula is C22H19N3O4S. The number of nitrogens with zero attached hydrogens (tertiary/aromatic N) is 2. The Kier molecular flexibility index (Phi) is 5.24. The lowest BCUT2D eigenvalue weighted by Gasteiger charge is -2.11. The second-order valence-electron chi connectivity index (χ2n) is 6.60. The number of thiazole rings is 1. The molecule has 0 saturated carbocycles. The molecular weight excluding hydrogens is 402 g/mol. The Morgan fingerprint density at radius 2 is 1.87 bits per heavy atom. The number of nitrogens with one attached hydrogen (secondary N) is 1. The molecule has 0 aliphatic heterocycles. The largest absolute Gasteiger partial charge is 0.497 e. The average Bonchev–Trinajstić information content (AvgIpc) is 3.19. The summed E-state index contributed by atoms with van der Waals surface area (Å²) in [7, 11) is 3.03. The summed E-state index contributed by atoms with van der Waals surface area (Å²) in [6.45, 7) is 2.00. The standard InChI is InChI=1S/C22H19N3O4S/c1-13-4-6-14(7-5-13)18-12-30-22-23-11-16(21(27)25(18)22)20(26)24-17-10-15(28-2)8-9-19(17)29-3/h4-12H,1-3H3,(H,24,26). The van der Waals surface area contributed by atoms with Crippen LogP contribution in [0.3, 0.4) is 0 Å². The van der Waals surface area contributed by atoms with Crippen molar-refractivity contribution < 1.29 is 14.3 Å². The molecule has 4 rings (SSSR count). The highest BCUT2D eigenvalue weighted by molar-refractivity contribution is 7.15. The normalized spacial score (nSPS) is 10.8. The van der Waals surface area contributed by atoms with Gasteiger partial charge in [0.25, 0.3) is 11.5 Å². The number of ether oxygens (including phenoxy) is 2. The van der Waals surface area contributed by atoms with Crippen molar-refractivity contribution in [1.82, 2.24) is 9.38 Å². The van der Waals surface area contributed by atoms with Crippen LogP contribution in [0.2, 0.25) is 0 Å². The van der Waals surface area contributed by atoms with Crippen molar-refractivity contribution in [3.8, 4) is 22.8 Å². The van der Waals surface area contributed by atoms with Crippen LogP contribution in [0.15, 0.2) is 58.8 Å². The van der Waals surface area contributed by atoms with Crippen molar-refractivity contribution in [3.05, 3.63) is 75.5 Å². The van der Waals surface area contributed by atoms with Gasteiger partial charge in [0.05, 0.1) is 25.6 Å². The molecule has 4 aromatic rings. The van der Waals surface area contributed by atoms with E-state index in [-0.39, 0.29) is 5.56 Å². The smallest absolute Gasteiger partial charge is 0.271 e. The van der Waals surface area contributed by atoms with Crippen molar-refractivity contribution in [2.75, 3.05) is 19.5 Å². The number of aromatic nitrogens is 2. The first kappa shape index (κ1) is 19.7. The first-order valence-electron chi connectivity index (χ1n) is 9.11. The number of fused-ring (bicyclic) bond motifs is 1. The Morgan fingerprint density at radius 3 is 2.57 bits per heavy atom. The summed E-state index contributed by atoms with van der Waals surface area (Å²) >= 11 is 1.35. The number of aryl methyl sites for hydroxylation is 1. The topological polar surface area (TPSA) is 81.9 Å². The van der Waals surface area contributed by atoms with Gasteiger partial charge in [-0.15, -0.1) is 11.3 Å². The Labute approximate surface area is 176 Å². The quantitative estimate of drug-likeness (QED) is 0.527. The zero-order valence-corrected chi connectivity index (χ0v) is 17.4. The molecule has 0 fully saturated rings. The van der Waals surface area contributed by atoms with E-state index < -0.39 is 11.5 Å². The molecule has 30 heavy (non-hydrogen) atoms. The molecule has 7 nitrogen and oxygen atoms in total. The van der Waals surface area contributed by atoms with E-state index >= 15 is 0 Å². The molecule has 1 amide bonds. The van der Waals surface area contributed by atoms with Crippen LogP contribution in [0.1, 0.15) is 15.9 Å². The molecule has 152 valence electrons. The van der Waals surface area contributed by atoms with Crippen LogP contribution in [0, 0.1) is 6.92 Å². The van der Waals surface area contributed by atoms with Crippen LogP contribution in [-0.4, -0.2) is 29.5 Å². The third kappa shape index (κ3) is 3.53. The van der Waals surface area contributed by atoms with E-state index in [4.69, 9.17) is 9.47 Å². The molecule has 2 heterocycles. The summed E-state index contributed by atoms with van der Waals surface area (Å²) in [5.74, 6) is 0.430. The van der Waals surface area contributed by atoms with Gasteiger partial charge in [0.1, 0.15) is 17.1 Å². The summed E-state index contributed by atoms with van der Waals surface area (Å²) in [5.41, 5.74) is 2.59. The monoisotopic (exact) mass is 421 g/mol. The highest BCUT2D eigenvalue weighted by Crippen LogP contribution is 2.29. The van der Waals surface area contributed by atoms with Gasteiger partial charge in [0.2, 0.25) is 0 Å². The minimum atomic E-state index is -0.575. The van der Waals surface area contributed by atoms with E-state index in [0.717, 1.165) is 11.1 Å². The van der Waals surface area contributed by atoms with Gasteiger partial charge in [0.15, 0.2) is 4.96 Å². The summed E-state index contributed by atoms with van der Waals surface area (Å²) in [4.78, 5) is 30.9. The molecule has 0 bridgehead atoms. The number of hydrogen-bond donors (Lipinski definition) is 1. The first-order valence-corrected chi connectivity index (χ1v) is 9.99. The molecule has 0 unspecified atom stereocenters. The van der Waals surface area contributed by atoms with Gasteiger partial charge in [-0.1, -0.05) is 29.8 Å². The van der Waals surface area contributed by atoms with Crippen molar-refractivity contribution in [1.29, 1.82) is 0 Å². The third-order valence-electron chi connectivity index (χ3n) is 4.69. The fraction of sp³-hybridized carbons (Fsp3) is 0.136. The number of methoxy groups -OCH3 is 2. The van der Waals surface area contributed by atoms with E-state index in [1.807, 2.05) is 36.6 Å². The number of hydrogen-bond acceptors (Lipinski definition) is 6. The lowest BCUT2D eigenvalue weighted by molar-refractivity contribution is 0.102. The Hall–Kier alpha value is -3.65. The number of carbonyl (C=O) groups is 1. The van der Waals surface area contributed by atoms with Crippen molar-refractivity contribution in [3.63, 3.8) is 0 Å². The molecule has 0 saturated heterocycles. The second-order valence-corrected chi connectivity index (χ2v) is 7.44. The van der Waals surface area contributed by atoms with Gasteiger partial charge in [-0.2, -0.15) is 0 Å². The van der Waals surface area contributed by atoms with Crippen LogP contribution >= 0.6 is 11.3 Å². The summed E-state index contributed by atoms with van der Waals surface area (Å²) in [6, 6.07) is 12.9. The Balaban J connectivity index is 1.76. The van der Waals surface area contributed by atoms with Crippen LogP contribution in [0.5, 0.6) is 11.5 Å². The van der Waals surface area contributed by atoms with Gasteiger partial charge in [-0.25, -0.2) is 4.98 Å². The molecule has 0 aliphatic carbocycles. The highest BCUT2D eigenvalue weighted by Gasteiger charge is 2.18. The van der Waals surface area contributed by atoms with Crippen LogP contribution in [0.25, 0.3) is 16.2 Å². The summed E-state index contributed by atoms with van der Waals surface area (Å²) in [5, 5.41) is 4.59. The zero-order chi connectivity index (χ0) is 21.3. The lowest BCUT2D eigenvalue weighted by Crippen LogP contribution is -2.26. The molecule has 0 aliphatic rings. The highest BCUT2D eigenvalue weighted by atomic mass is 32.1. The van der Waals surface area contributed by atoms with E-state index in [2.05, 4.69) is 10.3 Å². The van der Waals surface area contributed by atoms with Gasteiger partial charge >= 0.3 is 0 Å². The van der Waals surface area contributed by atoms with Gasteiger partial charge in [0, 0.05) is 17.6 Å². The molecule has 0 atom stereocenters. The minimum absolute atomic E-state index is 0.0656. The lowest BCUT2D eigenvalue weighted by atomic mass is 10.1. The van der Waals surface area contributed by atoms with E-state index in [9.17, 15) is 9.59 Å². The average molecular weight is 421 g/mol. The number of amides is 1. The zero-order valence-electron chi connectivity index (χ0n) is 16.6. The van der Waals surface area contributed by atoms with Gasteiger partial charge in [-0.05, 0) is 24.6 Å². The van der Waals surface area contributed by atoms with Crippen LogP contribution in [0.4, 0.5) is 5.69 Å². The fourth-order valence-electron chi connectivity index (χ4n) is 3.08. The first-order chi connectivity index (χ1) is 14.5. The number of rotatable bonds is 5. The maximum Gasteiger partial charge on any atom is 0.271 e. The predicted octanol–water partition coefficient (Wildman–Crippen LogP) is 4.00. The third-order valence-corrected chi connectivity index (χ3v) is 5.53. The minimum Gasteiger partial charge on any atom is -0.497 e. The molecule has 1 N–H and O–H groups in total. The van der Waals surface area contributed by atoms with Crippen LogP contribution < -0.4 is 20.3 Å². The molecule has 8 heteroatoms. The van der Waals surface area contributed by atoms with Crippen LogP contribution in [-0.2, 0) is 0 Å². The SMILES string of the molecule is COc1ccc(OC)c(NC(=O)c2cnc3scc(-c4ccc(C)cc4)n3c2=O)c1. The van der Waals surface area contributed by atoms with Gasteiger partial charge in [-0.3, -0.25) is 14.0 Å². The van der Waals surface area contributed by atoms with E-state index in [1.54, 1.807) is 18.2 Å². The van der Waals surface area contributed by atoms with Crippen molar-refractivity contribution in [2.24, 2.45) is 0 Å². The summed E-state index contributed by atoms with van der Waals surface area (Å²) in [6.07, 6.45) is 1.30. The van der Waals surface area contributed by atoms with Gasteiger partial charge < -0.3 is 14.8 Å². The maximum atomic E-state index is 13.2. The Morgan fingerprint density at radius 1 is 1.10 bits per heavy atom. The fourth-order valence-corrected chi connectivity index (χ4v) is 3.93. The summed E-state index contributed by atoms with van der Waals surface area (Å²) < 4.78 is 12.0. The van der Waals surface area contributed by atoms with Crippen molar-refractivity contribution >= 4 is 27.9 Å². The molecule has 2 aromatic heterocycles. The number of carbonyl (C=O) groups excluding carboxylic acids is 1. The van der Waals surface area contributed by atoms with E-state index in [1.165, 1.54) is 36.2 Å². The van der Waals surface area contributed by atoms with E-state index in [0.29, 0.717) is 27.8 Å². The number of anilines is 1. The predicted molar refractivity (Wildman–Crippen MR) is 117 cm³/mol. The van der Waals surface area contributed by atoms with Crippen molar-refractivity contribution in [2.45, 2.75) is 6.92 Å². The molecule has 0 radical (unpaired) electrons. The number of benzene rings is 2. The molecule has 2 aromatic carbocycles. The maximum absolute atomic E-state index is 13.2. The molecule has 0 spiro atoms. The second kappa shape index (κ2) is 8.00.